The molecule has 0 bridgehead atoms. The van der Waals surface area contributed by atoms with Crippen molar-refractivity contribution in [1.29, 1.82) is 0 Å². The third-order valence-electron chi connectivity index (χ3n) is 2.59. The predicted molar refractivity (Wildman–Crippen MR) is 79.7 cm³/mol. The van der Waals surface area contributed by atoms with E-state index in [1.54, 1.807) is 25.2 Å². The molecule has 0 atom stereocenters. The van der Waals surface area contributed by atoms with Crippen LogP contribution in [0.15, 0.2) is 28.7 Å². The number of ether oxygens (including phenoxy) is 1. The van der Waals surface area contributed by atoms with Crippen LogP contribution >= 0.6 is 15.9 Å². The van der Waals surface area contributed by atoms with E-state index < -0.39 is 5.82 Å². The quantitative estimate of drug-likeness (QED) is 0.888. The summed E-state index contributed by atoms with van der Waals surface area (Å²) >= 11 is 3.21. The molecule has 0 aliphatic rings. The van der Waals surface area contributed by atoms with Crippen molar-refractivity contribution in [2.75, 3.05) is 12.4 Å². The number of anilines is 1. The van der Waals surface area contributed by atoms with Gasteiger partial charge in [-0.15, -0.1) is 0 Å². The second kappa shape index (κ2) is 6.65. The lowest BCUT2D eigenvalue weighted by atomic mass is 10.3. The second-order valence-corrected chi connectivity index (χ2v) is 5.10. The summed E-state index contributed by atoms with van der Waals surface area (Å²) in [7, 11) is 1.77. The van der Waals surface area contributed by atoms with Crippen LogP contribution in [0.4, 0.5) is 10.2 Å². The average molecular weight is 340 g/mol. The van der Waals surface area contributed by atoms with E-state index in [0.717, 1.165) is 12.8 Å². The number of nitrogens with zero attached hydrogens (tertiary/aromatic N) is 2. The molecule has 0 amide bonds. The van der Waals surface area contributed by atoms with E-state index in [0.29, 0.717) is 22.0 Å². The van der Waals surface area contributed by atoms with Gasteiger partial charge in [-0.05, 0) is 24.6 Å². The molecular weight excluding hydrogens is 325 g/mol. The van der Waals surface area contributed by atoms with Crippen molar-refractivity contribution >= 4 is 21.7 Å². The highest BCUT2D eigenvalue weighted by molar-refractivity contribution is 9.10. The molecule has 1 aromatic carbocycles. The first kappa shape index (κ1) is 14.7. The first-order chi connectivity index (χ1) is 9.62. The number of benzene rings is 1. The second-order valence-electron chi connectivity index (χ2n) is 4.18. The normalized spacial score (nSPS) is 10.4. The van der Waals surface area contributed by atoms with Gasteiger partial charge in [0, 0.05) is 24.0 Å². The van der Waals surface area contributed by atoms with Crippen LogP contribution in [-0.2, 0) is 6.42 Å². The lowest BCUT2D eigenvalue weighted by Gasteiger charge is -2.09. The van der Waals surface area contributed by atoms with Gasteiger partial charge < -0.3 is 10.1 Å². The summed E-state index contributed by atoms with van der Waals surface area (Å²) in [5, 5.41) is 2.94. The highest BCUT2D eigenvalue weighted by Crippen LogP contribution is 2.26. The highest BCUT2D eigenvalue weighted by Gasteiger charge is 2.09. The molecule has 20 heavy (non-hydrogen) atoms. The molecule has 1 N–H and O–H groups in total. The Balaban J connectivity index is 2.29. The van der Waals surface area contributed by atoms with Crippen molar-refractivity contribution in [3.63, 3.8) is 0 Å². The summed E-state index contributed by atoms with van der Waals surface area (Å²) in [6.45, 7) is 2.05. The predicted octanol–water partition coefficient (Wildman–Crippen LogP) is 4.16. The molecule has 4 nitrogen and oxygen atoms in total. The number of nitrogens with one attached hydrogen (secondary N) is 1. The van der Waals surface area contributed by atoms with Gasteiger partial charge in [-0.1, -0.05) is 22.9 Å². The standard InChI is InChI=1S/C14H15BrFN3O/c1-3-4-12-18-13(17-2)8-14(19-12)20-11-6-5-9(15)7-10(11)16/h5-8H,3-4H2,1-2H3,(H,17,18,19). The van der Waals surface area contributed by atoms with Crippen molar-refractivity contribution in [2.24, 2.45) is 0 Å². The zero-order valence-corrected chi connectivity index (χ0v) is 12.9. The van der Waals surface area contributed by atoms with Gasteiger partial charge in [-0.3, -0.25) is 0 Å². The summed E-state index contributed by atoms with van der Waals surface area (Å²) < 4.78 is 19.9. The lowest BCUT2D eigenvalue weighted by Crippen LogP contribution is -2.02. The van der Waals surface area contributed by atoms with Crippen molar-refractivity contribution < 1.29 is 9.13 Å². The van der Waals surface area contributed by atoms with Gasteiger partial charge in [0.2, 0.25) is 5.88 Å². The van der Waals surface area contributed by atoms with Crippen LogP contribution in [0.1, 0.15) is 19.2 Å². The Morgan fingerprint density at radius 2 is 2.10 bits per heavy atom. The average Bonchev–Trinajstić information content (AvgIpc) is 2.42. The van der Waals surface area contributed by atoms with Crippen molar-refractivity contribution in [1.82, 2.24) is 9.97 Å². The summed E-state index contributed by atoms with van der Waals surface area (Å²) in [6.07, 6.45) is 1.67. The van der Waals surface area contributed by atoms with Crippen LogP contribution in [0.2, 0.25) is 0 Å². The van der Waals surface area contributed by atoms with Crippen LogP contribution in [0.25, 0.3) is 0 Å². The maximum absolute atomic E-state index is 13.8. The zero-order chi connectivity index (χ0) is 14.5. The fourth-order valence-corrected chi connectivity index (χ4v) is 1.99. The molecule has 0 unspecified atom stereocenters. The number of aromatic nitrogens is 2. The van der Waals surface area contributed by atoms with Gasteiger partial charge in [-0.25, -0.2) is 9.37 Å². The molecule has 1 aromatic heterocycles. The lowest BCUT2D eigenvalue weighted by molar-refractivity contribution is 0.424. The van der Waals surface area contributed by atoms with E-state index >= 15 is 0 Å². The van der Waals surface area contributed by atoms with Crippen LogP contribution in [0.5, 0.6) is 11.6 Å². The van der Waals surface area contributed by atoms with Gasteiger partial charge in [0.1, 0.15) is 11.6 Å². The molecule has 0 saturated heterocycles. The Morgan fingerprint density at radius 1 is 1.30 bits per heavy atom. The first-order valence-corrected chi connectivity index (χ1v) is 7.10. The molecule has 2 aromatic rings. The molecule has 0 radical (unpaired) electrons. The van der Waals surface area contributed by atoms with Crippen LogP contribution < -0.4 is 10.1 Å². The van der Waals surface area contributed by atoms with Crippen LogP contribution in [-0.4, -0.2) is 17.0 Å². The molecule has 6 heteroatoms. The number of hydrogen-bond donors (Lipinski definition) is 1. The fourth-order valence-electron chi connectivity index (χ4n) is 1.66. The van der Waals surface area contributed by atoms with E-state index in [-0.39, 0.29) is 5.75 Å². The summed E-state index contributed by atoms with van der Waals surface area (Å²) in [4.78, 5) is 8.59. The minimum Gasteiger partial charge on any atom is -0.436 e. The molecule has 0 spiro atoms. The van der Waals surface area contributed by atoms with Gasteiger partial charge in [0.15, 0.2) is 11.6 Å². The minimum atomic E-state index is -0.443. The van der Waals surface area contributed by atoms with E-state index in [4.69, 9.17) is 4.74 Å². The molecule has 106 valence electrons. The number of hydrogen-bond acceptors (Lipinski definition) is 4. The number of aryl methyl sites for hydroxylation is 1. The Hall–Kier alpha value is -1.69. The van der Waals surface area contributed by atoms with Gasteiger partial charge in [0.05, 0.1) is 0 Å². The molecule has 0 aliphatic carbocycles. The Morgan fingerprint density at radius 3 is 2.75 bits per heavy atom. The van der Waals surface area contributed by atoms with E-state index in [2.05, 4.69) is 31.2 Å². The Kier molecular flexibility index (Phi) is 4.89. The topological polar surface area (TPSA) is 47.0 Å². The Labute approximate surface area is 125 Å². The molecule has 0 saturated carbocycles. The SMILES string of the molecule is CCCc1nc(NC)cc(Oc2ccc(Br)cc2F)n1. The van der Waals surface area contributed by atoms with Gasteiger partial charge >= 0.3 is 0 Å². The van der Waals surface area contributed by atoms with Crippen LogP contribution in [0, 0.1) is 5.82 Å². The Bertz CT molecular complexity index is 607. The van der Waals surface area contributed by atoms with E-state index in [1.807, 2.05) is 6.92 Å². The largest absolute Gasteiger partial charge is 0.436 e. The van der Waals surface area contributed by atoms with Gasteiger partial charge in [-0.2, -0.15) is 4.98 Å². The molecule has 0 fully saturated rings. The minimum absolute atomic E-state index is 0.136. The third kappa shape index (κ3) is 3.66. The monoisotopic (exact) mass is 339 g/mol. The van der Waals surface area contributed by atoms with E-state index in [1.165, 1.54) is 6.07 Å². The molecule has 1 heterocycles. The van der Waals surface area contributed by atoms with Crippen LogP contribution in [0.3, 0.4) is 0 Å². The van der Waals surface area contributed by atoms with Crippen molar-refractivity contribution in [3.8, 4) is 11.6 Å². The smallest absolute Gasteiger partial charge is 0.224 e. The summed E-state index contributed by atoms with van der Waals surface area (Å²) in [5.74, 6) is 1.34. The highest BCUT2D eigenvalue weighted by atomic mass is 79.9. The third-order valence-corrected chi connectivity index (χ3v) is 3.08. The summed E-state index contributed by atoms with van der Waals surface area (Å²) in [5.41, 5.74) is 0. The van der Waals surface area contributed by atoms with E-state index in [9.17, 15) is 4.39 Å². The maximum atomic E-state index is 13.8. The van der Waals surface area contributed by atoms with Crippen molar-refractivity contribution in [3.05, 3.63) is 40.4 Å². The number of rotatable bonds is 5. The van der Waals surface area contributed by atoms with Gasteiger partial charge in [0.25, 0.3) is 0 Å². The molecular formula is C14H15BrFN3O. The zero-order valence-electron chi connectivity index (χ0n) is 11.3. The van der Waals surface area contributed by atoms with Crippen molar-refractivity contribution in [2.45, 2.75) is 19.8 Å². The fraction of sp³-hybridized carbons (Fsp3) is 0.286. The number of halogens is 2. The first-order valence-electron chi connectivity index (χ1n) is 6.31. The summed E-state index contributed by atoms with van der Waals surface area (Å²) in [6, 6.07) is 6.26. The maximum Gasteiger partial charge on any atom is 0.224 e. The molecule has 2 rings (SSSR count). The molecule has 0 aliphatic heterocycles.